The number of hydrogen-bond donors (Lipinski definition) is 2. The molecule has 0 radical (unpaired) electrons. The van der Waals surface area contributed by atoms with Crippen LogP contribution in [0.3, 0.4) is 0 Å². The van der Waals surface area contributed by atoms with Gasteiger partial charge >= 0.3 is 0 Å². The van der Waals surface area contributed by atoms with E-state index in [0.717, 1.165) is 5.69 Å². The zero-order chi connectivity index (χ0) is 14.0. The summed E-state index contributed by atoms with van der Waals surface area (Å²) in [5, 5.41) is 6.67. The van der Waals surface area contributed by atoms with Crippen molar-refractivity contribution in [1.29, 1.82) is 0 Å². The van der Waals surface area contributed by atoms with E-state index in [1.54, 1.807) is 7.05 Å². The first kappa shape index (κ1) is 13.1. The van der Waals surface area contributed by atoms with Gasteiger partial charge in [0.15, 0.2) is 5.69 Å². The van der Waals surface area contributed by atoms with E-state index in [4.69, 9.17) is 5.73 Å². The van der Waals surface area contributed by atoms with Crippen LogP contribution < -0.4 is 10.6 Å². The zero-order valence-electron chi connectivity index (χ0n) is 10.8. The van der Waals surface area contributed by atoms with Crippen molar-refractivity contribution in [3.63, 3.8) is 0 Å². The minimum atomic E-state index is -0.350. The van der Waals surface area contributed by atoms with Gasteiger partial charge in [0, 0.05) is 12.7 Å². The topological polar surface area (TPSA) is 75.0 Å². The second kappa shape index (κ2) is 5.09. The summed E-state index contributed by atoms with van der Waals surface area (Å²) in [4.78, 5) is 13.6. The smallest absolute Gasteiger partial charge is 0.280 e. The molecule has 1 aromatic carbocycles. The summed E-state index contributed by atoms with van der Waals surface area (Å²) in [7, 11) is 1.59. The van der Waals surface area contributed by atoms with E-state index in [-0.39, 0.29) is 17.4 Å². The summed E-state index contributed by atoms with van der Waals surface area (Å²) in [5.74, 6) is -0.683. The van der Waals surface area contributed by atoms with E-state index in [1.807, 2.05) is 6.92 Å². The van der Waals surface area contributed by atoms with Gasteiger partial charge in [-0.05, 0) is 30.7 Å². The summed E-state index contributed by atoms with van der Waals surface area (Å²) >= 11 is 0. The maximum Gasteiger partial charge on any atom is 0.280 e. The SMILES string of the molecule is CCc1[nH]nc(C(=O)N(C)c2ccc(F)cc2)c1N. The average molecular weight is 262 g/mol. The van der Waals surface area contributed by atoms with E-state index >= 15 is 0 Å². The molecule has 3 N–H and O–H groups in total. The Kier molecular flexibility index (Phi) is 3.50. The highest BCUT2D eigenvalue weighted by atomic mass is 19.1. The Morgan fingerprint density at radius 2 is 2.05 bits per heavy atom. The summed E-state index contributed by atoms with van der Waals surface area (Å²) in [5.41, 5.74) is 7.71. The second-order valence-corrected chi connectivity index (χ2v) is 4.16. The van der Waals surface area contributed by atoms with Crippen molar-refractivity contribution in [2.24, 2.45) is 0 Å². The molecule has 2 aromatic rings. The van der Waals surface area contributed by atoms with Crippen molar-refractivity contribution in [1.82, 2.24) is 10.2 Å². The van der Waals surface area contributed by atoms with E-state index in [1.165, 1.54) is 29.2 Å². The molecule has 0 saturated heterocycles. The number of carbonyl (C=O) groups excluding carboxylic acids is 1. The molecule has 0 aliphatic rings. The lowest BCUT2D eigenvalue weighted by molar-refractivity contribution is 0.0989. The van der Waals surface area contributed by atoms with Crippen molar-refractivity contribution in [3.8, 4) is 0 Å². The van der Waals surface area contributed by atoms with Crippen LogP contribution in [0.4, 0.5) is 15.8 Å². The van der Waals surface area contributed by atoms with Crippen LogP contribution >= 0.6 is 0 Å². The van der Waals surface area contributed by atoms with Crippen molar-refractivity contribution in [2.45, 2.75) is 13.3 Å². The Hall–Kier alpha value is -2.37. The third kappa shape index (κ3) is 2.42. The monoisotopic (exact) mass is 262 g/mol. The van der Waals surface area contributed by atoms with Crippen LogP contribution in [0.5, 0.6) is 0 Å². The number of carbonyl (C=O) groups is 1. The number of rotatable bonds is 3. The summed E-state index contributed by atoms with van der Waals surface area (Å²) in [6.07, 6.45) is 0.673. The molecule has 0 aliphatic heterocycles. The van der Waals surface area contributed by atoms with Gasteiger partial charge in [-0.1, -0.05) is 6.92 Å². The molecule has 1 amide bonds. The summed E-state index contributed by atoms with van der Waals surface area (Å²) in [6, 6.07) is 5.64. The van der Waals surface area contributed by atoms with Gasteiger partial charge in [-0.3, -0.25) is 9.89 Å². The molecule has 1 heterocycles. The number of H-pyrrole nitrogens is 1. The Balaban J connectivity index is 2.28. The fourth-order valence-electron chi connectivity index (χ4n) is 1.76. The van der Waals surface area contributed by atoms with Gasteiger partial charge in [-0.15, -0.1) is 0 Å². The van der Waals surface area contributed by atoms with E-state index in [9.17, 15) is 9.18 Å². The Morgan fingerprint density at radius 3 is 2.58 bits per heavy atom. The van der Waals surface area contributed by atoms with Crippen molar-refractivity contribution in [3.05, 3.63) is 41.5 Å². The van der Waals surface area contributed by atoms with Gasteiger partial charge in [-0.2, -0.15) is 5.10 Å². The second-order valence-electron chi connectivity index (χ2n) is 4.16. The molecule has 100 valence electrons. The zero-order valence-corrected chi connectivity index (χ0v) is 10.8. The van der Waals surface area contributed by atoms with Gasteiger partial charge < -0.3 is 10.6 Å². The highest BCUT2D eigenvalue weighted by Crippen LogP contribution is 2.20. The first-order chi connectivity index (χ1) is 9.04. The fraction of sp³-hybridized carbons (Fsp3) is 0.231. The average Bonchev–Trinajstić information content (AvgIpc) is 2.79. The molecule has 2 rings (SSSR count). The number of nitrogen functional groups attached to an aromatic ring is 1. The van der Waals surface area contributed by atoms with Crippen molar-refractivity contribution >= 4 is 17.3 Å². The molecular weight excluding hydrogens is 247 g/mol. The van der Waals surface area contributed by atoms with Gasteiger partial charge in [-0.25, -0.2) is 4.39 Å². The lowest BCUT2D eigenvalue weighted by Gasteiger charge is -2.16. The number of aromatic nitrogens is 2. The molecule has 19 heavy (non-hydrogen) atoms. The number of halogens is 1. The number of nitrogens with zero attached hydrogens (tertiary/aromatic N) is 2. The van der Waals surface area contributed by atoms with E-state index in [2.05, 4.69) is 10.2 Å². The van der Waals surface area contributed by atoms with Crippen LogP contribution in [0.2, 0.25) is 0 Å². The number of aromatic amines is 1. The number of aryl methyl sites for hydroxylation is 1. The van der Waals surface area contributed by atoms with Crippen LogP contribution in [-0.2, 0) is 6.42 Å². The minimum absolute atomic E-state index is 0.184. The molecule has 0 spiro atoms. The van der Waals surface area contributed by atoms with Gasteiger partial charge in [0.25, 0.3) is 5.91 Å². The summed E-state index contributed by atoms with van der Waals surface area (Å²) < 4.78 is 12.8. The number of anilines is 2. The lowest BCUT2D eigenvalue weighted by Crippen LogP contribution is -2.27. The quantitative estimate of drug-likeness (QED) is 0.888. The van der Waals surface area contributed by atoms with Crippen LogP contribution in [0.15, 0.2) is 24.3 Å². The first-order valence-corrected chi connectivity index (χ1v) is 5.91. The van der Waals surface area contributed by atoms with Crippen LogP contribution in [0, 0.1) is 5.82 Å². The molecular formula is C13H15FN4O. The molecule has 0 unspecified atom stereocenters. The fourth-order valence-corrected chi connectivity index (χ4v) is 1.76. The number of hydrogen-bond acceptors (Lipinski definition) is 3. The highest BCUT2D eigenvalue weighted by molar-refractivity contribution is 6.07. The van der Waals surface area contributed by atoms with Crippen LogP contribution in [0.1, 0.15) is 23.1 Å². The van der Waals surface area contributed by atoms with Gasteiger partial charge in [0.1, 0.15) is 5.82 Å². The highest BCUT2D eigenvalue weighted by Gasteiger charge is 2.21. The third-order valence-corrected chi connectivity index (χ3v) is 2.96. The largest absolute Gasteiger partial charge is 0.395 e. The lowest BCUT2D eigenvalue weighted by atomic mass is 10.2. The summed E-state index contributed by atoms with van der Waals surface area (Å²) in [6.45, 7) is 1.92. The Bertz CT molecular complexity index is 591. The maximum atomic E-state index is 12.8. The van der Waals surface area contributed by atoms with Crippen molar-refractivity contribution < 1.29 is 9.18 Å². The predicted molar refractivity (Wildman–Crippen MR) is 71.5 cm³/mol. The Labute approximate surface area is 110 Å². The first-order valence-electron chi connectivity index (χ1n) is 5.91. The number of nitrogens with one attached hydrogen (secondary N) is 1. The van der Waals surface area contributed by atoms with E-state index < -0.39 is 0 Å². The maximum absolute atomic E-state index is 12.8. The van der Waals surface area contributed by atoms with Crippen LogP contribution in [-0.4, -0.2) is 23.2 Å². The Morgan fingerprint density at radius 1 is 1.42 bits per heavy atom. The van der Waals surface area contributed by atoms with E-state index in [0.29, 0.717) is 17.8 Å². The molecule has 0 bridgehead atoms. The molecule has 6 heteroatoms. The number of amides is 1. The van der Waals surface area contributed by atoms with Gasteiger partial charge in [0.05, 0.1) is 11.4 Å². The van der Waals surface area contributed by atoms with Crippen LogP contribution in [0.25, 0.3) is 0 Å². The molecule has 0 atom stereocenters. The molecule has 1 aromatic heterocycles. The molecule has 0 fully saturated rings. The predicted octanol–water partition coefficient (Wildman–Crippen LogP) is 1.97. The molecule has 0 saturated carbocycles. The normalized spacial score (nSPS) is 10.5. The molecule has 5 nitrogen and oxygen atoms in total. The van der Waals surface area contributed by atoms with Crippen molar-refractivity contribution in [2.75, 3.05) is 17.7 Å². The molecule has 0 aliphatic carbocycles. The number of nitrogens with two attached hydrogens (primary N) is 1. The third-order valence-electron chi connectivity index (χ3n) is 2.96. The van der Waals surface area contributed by atoms with Gasteiger partial charge in [0.2, 0.25) is 0 Å². The standard InChI is InChI=1S/C13H15FN4O/c1-3-10-11(15)12(17-16-10)13(19)18(2)9-6-4-8(14)5-7-9/h4-7H,3,15H2,1-2H3,(H,16,17). The number of benzene rings is 1. The minimum Gasteiger partial charge on any atom is -0.395 e.